The third-order valence-electron chi connectivity index (χ3n) is 6.87. The summed E-state index contributed by atoms with van der Waals surface area (Å²) < 4.78 is 42.9. The first kappa shape index (κ1) is 16.1. The van der Waals surface area contributed by atoms with Crippen molar-refractivity contribution in [3.05, 3.63) is 0 Å². The van der Waals surface area contributed by atoms with Crippen LogP contribution in [0.2, 0.25) is 0 Å². The Morgan fingerprint density at radius 2 is 1.86 bits per heavy atom. The molecule has 3 aliphatic rings. The van der Waals surface area contributed by atoms with Crippen LogP contribution in [-0.2, 0) is 9.53 Å². The van der Waals surface area contributed by atoms with Gasteiger partial charge in [-0.25, -0.2) is 4.79 Å². The van der Waals surface area contributed by atoms with E-state index in [0.29, 0.717) is 18.3 Å². The van der Waals surface area contributed by atoms with E-state index < -0.39 is 18.2 Å². The van der Waals surface area contributed by atoms with E-state index in [2.05, 4.69) is 4.90 Å². The maximum absolute atomic E-state index is 12.6. The van der Waals surface area contributed by atoms with Gasteiger partial charge in [0, 0.05) is 11.0 Å². The molecule has 22 heavy (non-hydrogen) atoms. The third-order valence-corrected chi connectivity index (χ3v) is 6.87. The summed E-state index contributed by atoms with van der Waals surface area (Å²) in [4.78, 5) is 13.6. The fraction of sp³-hybridized carbons (Fsp3) is 0.938. The summed E-state index contributed by atoms with van der Waals surface area (Å²) >= 11 is 0. The largest absolute Gasteiger partial charge is 0.490 e. The van der Waals surface area contributed by atoms with E-state index in [1.807, 2.05) is 21.0 Å². The molecule has 126 valence electrons. The lowest BCUT2D eigenvalue weighted by Crippen LogP contribution is -2.61. The molecule has 0 spiro atoms. The first-order valence-electron chi connectivity index (χ1n) is 8.15. The minimum Gasteiger partial charge on any atom is -0.455 e. The van der Waals surface area contributed by atoms with Crippen LogP contribution >= 0.6 is 0 Å². The van der Waals surface area contributed by atoms with Gasteiger partial charge in [-0.1, -0.05) is 6.92 Å². The summed E-state index contributed by atoms with van der Waals surface area (Å²) in [5.74, 6) is -1.14. The van der Waals surface area contributed by atoms with Crippen molar-refractivity contribution in [3.8, 4) is 0 Å². The summed E-state index contributed by atoms with van der Waals surface area (Å²) in [7, 11) is 4.05. The van der Waals surface area contributed by atoms with Crippen LogP contribution in [0.15, 0.2) is 0 Å². The molecule has 0 radical (unpaired) electrons. The van der Waals surface area contributed by atoms with Gasteiger partial charge in [0.15, 0.2) is 0 Å². The van der Waals surface area contributed by atoms with Gasteiger partial charge >= 0.3 is 12.1 Å². The molecular weight excluding hydrogens is 295 g/mol. The summed E-state index contributed by atoms with van der Waals surface area (Å²) in [6.45, 7) is 2.04. The predicted octanol–water partition coefficient (Wildman–Crippen LogP) is 3.38. The molecule has 0 aromatic carbocycles. The lowest BCUT2D eigenvalue weighted by atomic mass is 9.60. The molecule has 3 nitrogen and oxygen atoms in total. The minimum absolute atomic E-state index is 0.110. The van der Waals surface area contributed by atoms with Gasteiger partial charge in [-0.2, -0.15) is 13.2 Å². The van der Waals surface area contributed by atoms with Gasteiger partial charge in [0.05, 0.1) is 0 Å². The highest BCUT2D eigenvalue weighted by molar-refractivity contribution is 5.76. The number of hydrogen-bond donors (Lipinski definition) is 0. The quantitative estimate of drug-likeness (QED) is 0.747. The number of ether oxygens (including phenoxy) is 1. The van der Waals surface area contributed by atoms with E-state index in [1.165, 1.54) is 0 Å². The van der Waals surface area contributed by atoms with Crippen LogP contribution < -0.4 is 0 Å². The van der Waals surface area contributed by atoms with E-state index in [1.54, 1.807) is 0 Å². The molecule has 6 heteroatoms. The molecule has 3 saturated carbocycles. The molecule has 0 heterocycles. The van der Waals surface area contributed by atoms with Crippen LogP contribution in [0.1, 0.15) is 45.4 Å². The molecule has 3 rings (SSSR count). The Morgan fingerprint density at radius 3 is 2.41 bits per heavy atom. The second-order valence-corrected chi connectivity index (χ2v) is 7.35. The lowest BCUT2D eigenvalue weighted by Gasteiger charge is -2.54. The van der Waals surface area contributed by atoms with Crippen molar-refractivity contribution in [2.45, 2.75) is 63.3 Å². The zero-order valence-electron chi connectivity index (χ0n) is 13.4. The molecular formula is C16H24F3NO2. The number of rotatable bonds is 3. The van der Waals surface area contributed by atoms with Gasteiger partial charge < -0.3 is 9.64 Å². The molecule has 0 aromatic heterocycles. The number of alkyl halides is 3. The van der Waals surface area contributed by atoms with Crippen LogP contribution in [0.5, 0.6) is 0 Å². The van der Waals surface area contributed by atoms with Crippen LogP contribution in [-0.4, -0.2) is 42.8 Å². The Balaban J connectivity index is 1.96. The molecule has 0 N–H and O–H groups in total. The molecule has 0 aliphatic heterocycles. The Morgan fingerprint density at radius 1 is 1.23 bits per heavy atom. The molecule has 3 fully saturated rings. The van der Waals surface area contributed by atoms with Crippen molar-refractivity contribution >= 4 is 5.97 Å². The van der Waals surface area contributed by atoms with Crippen LogP contribution in [0.25, 0.3) is 0 Å². The highest BCUT2D eigenvalue weighted by Gasteiger charge is 2.73. The molecule has 1 unspecified atom stereocenters. The Labute approximate surface area is 129 Å². The summed E-state index contributed by atoms with van der Waals surface area (Å²) in [6, 6.07) is 0. The fourth-order valence-corrected chi connectivity index (χ4v) is 6.39. The minimum atomic E-state index is -4.91. The number of fused-ring (bicyclic) bond motifs is 5. The molecule has 3 aliphatic carbocycles. The normalized spacial score (nSPS) is 43.7. The predicted molar refractivity (Wildman–Crippen MR) is 75.1 cm³/mol. The van der Waals surface area contributed by atoms with E-state index >= 15 is 0 Å². The first-order valence-corrected chi connectivity index (χ1v) is 8.15. The topological polar surface area (TPSA) is 29.5 Å². The van der Waals surface area contributed by atoms with Crippen LogP contribution in [0, 0.1) is 17.3 Å². The van der Waals surface area contributed by atoms with Gasteiger partial charge in [0.2, 0.25) is 0 Å². The van der Waals surface area contributed by atoms with Gasteiger partial charge in [0.25, 0.3) is 0 Å². The van der Waals surface area contributed by atoms with Gasteiger partial charge in [-0.05, 0) is 64.5 Å². The van der Waals surface area contributed by atoms with Crippen LogP contribution in [0.4, 0.5) is 13.2 Å². The van der Waals surface area contributed by atoms with E-state index in [-0.39, 0.29) is 11.0 Å². The van der Waals surface area contributed by atoms with Crippen molar-refractivity contribution in [2.24, 2.45) is 17.3 Å². The fourth-order valence-electron chi connectivity index (χ4n) is 6.39. The number of carbonyl (C=O) groups excluding carboxylic acids is 1. The van der Waals surface area contributed by atoms with Crippen molar-refractivity contribution in [1.29, 1.82) is 0 Å². The summed E-state index contributed by atoms with van der Waals surface area (Å²) in [5, 5.41) is 0. The Hall–Kier alpha value is -0.780. The average molecular weight is 319 g/mol. The average Bonchev–Trinajstić information content (AvgIpc) is 3.07. The van der Waals surface area contributed by atoms with Crippen molar-refractivity contribution in [3.63, 3.8) is 0 Å². The first-order chi connectivity index (χ1) is 10.2. The monoisotopic (exact) mass is 319 g/mol. The lowest BCUT2D eigenvalue weighted by molar-refractivity contribution is -0.214. The molecule has 0 aromatic rings. The second-order valence-electron chi connectivity index (χ2n) is 7.35. The summed E-state index contributed by atoms with van der Waals surface area (Å²) in [5.41, 5.74) is -0.429. The number of carbonyl (C=O) groups is 1. The Bertz CT molecular complexity index is 479. The number of nitrogens with zero attached hydrogens (tertiary/aromatic N) is 1. The standard InChI is InChI=1S/C16H24F3NO2/c1-4-14-10-5-6-11(9-10)15(14,20(2)3)8-7-12(14)22-13(21)16(17,18)19/h10-12H,4-9H2,1-3H3/t10-,11+,12?,14-,15+/m1/s1. The number of esters is 1. The highest BCUT2D eigenvalue weighted by Crippen LogP contribution is 2.71. The van der Waals surface area contributed by atoms with E-state index in [0.717, 1.165) is 32.1 Å². The second kappa shape index (κ2) is 4.86. The zero-order valence-corrected chi connectivity index (χ0v) is 13.4. The third kappa shape index (κ3) is 1.76. The van der Waals surface area contributed by atoms with E-state index in [4.69, 9.17) is 4.74 Å². The molecule has 0 saturated heterocycles. The molecule has 2 bridgehead atoms. The SMILES string of the molecule is CC[C@@]12C(OC(=O)C(F)(F)F)CC[C@]1(N(C)C)[C@H]1CC[C@@H]2C1. The number of halogens is 3. The van der Waals surface area contributed by atoms with Crippen molar-refractivity contribution in [1.82, 2.24) is 4.90 Å². The smallest absolute Gasteiger partial charge is 0.455 e. The maximum Gasteiger partial charge on any atom is 0.490 e. The van der Waals surface area contributed by atoms with Crippen molar-refractivity contribution in [2.75, 3.05) is 14.1 Å². The zero-order chi connectivity index (χ0) is 16.3. The van der Waals surface area contributed by atoms with Gasteiger partial charge in [0.1, 0.15) is 6.10 Å². The summed E-state index contributed by atoms with van der Waals surface area (Å²) in [6.07, 6.45) is -0.126. The van der Waals surface area contributed by atoms with Gasteiger partial charge in [-0.3, -0.25) is 0 Å². The molecule has 0 amide bonds. The Kier molecular flexibility index (Phi) is 3.55. The maximum atomic E-state index is 12.6. The van der Waals surface area contributed by atoms with Crippen LogP contribution in [0.3, 0.4) is 0 Å². The number of hydrogen-bond acceptors (Lipinski definition) is 3. The van der Waals surface area contributed by atoms with E-state index in [9.17, 15) is 18.0 Å². The van der Waals surface area contributed by atoms with Gasteiger partial charge in [-0.15, -0.1) is 0 Å². The molecule has 5 atom stereocenters. The highest BCUT2D eigenvalue weighted by atomic mass is 19.4. The van der Waals surface area contributed by atoms with Crippen molar-refractivity contribution < 1.29 is 22.7 Å².